The molecule has 0 heterocycles. The molecule has 0 aliphatic rings. The molecule has 0 spiro atoms. The van der Waals surface area contributed by atoms with Crippen molar-refractivity contribution in [2.45, 2.75) is 55.4 Å². The van der Waals surface area contributed by atoms with Gasteiger partial charge >= 0.3 is 0 Å². The second-order valence-corrected chi connectivity index (χ2v) is 2.77. The molecule has 0 amide bonds. The van der Waals surface area contributed by atoms with E-state index < -0.39 is 0 Å². The molecule has 0 bridgehead atoms. The van der Waals surface area contributed by atoms with E-state index in [1.165, 1.54) is 12.8 Å². The van der Waals surface area contributed by atoms with Gasteiger partial charge in [-0.1, -0.05) is 55.4 Å². The fraction of sp³-hybridized carbons (Fsp3) is 1.00. The maximum atomic E-state index is 2.33. The maximum Gasteiger partial charge on any atom is -0.0420 e. The second kappa shape index (κ2) is 9.00. The molecule has 0 N–H and O–H groups in total. The van der Waals surface area contributed by atoms with Crippen LogP contribution in [0.2, 0.25) is 0 Å². The van der Waals surface area contributed by atoms with Crippen LogP contribution in [0, 0.1) is 11.8 Å². The average Bonchev–Trinajstić information content (AvgIpc) is 1.84. The highest BCUT2D eigenvalue weighted by molar-refractivity contribution is 4.56. The van der Waals surface area contributed by atoms with Gasteiger partial charge in [-0.2, -0.15) is 0 Å². The molecule has 0 saturated heterocycles. The fourth-order valence-electron chi connectivity index (χ4n) is 0.805. The van der Waals surface area contributed by atoms with E-state index >= 15 is 0 Å². The standard InChI is InChI=1S/C8H18.2CH4/c1-5-7(3)8(4)6-2;;/h7-8H,5-6H2,1-4H3;2*1H4. The molecule has 2 unspecified atom stereocenters. The molecule has 0 saturated carbocycles. The van der Waals surface area contributed by atoms with Gasteiger partial charge in [-0.3, -0.25) is 0 Å². The zero-order chi connectivity index (χ0) is 6.57. The molecular weight excluding hydrogens is 120 g/mol. The third-order valence-electron chi connectivity index (χ3n) is 2.26. The van der Waals surface area contributed by atoms with Gasteiger partial charge in [0, 0.05) is 0 Å². The Kier molecular flexibility index (Phi) is 14.9. The van der Waals surface area contributed by atoms with Crippen LogP contribution in [0.5, 0.6) is 0 Å². The smallest absolute Gasteiger partial charge is 0.0420 e. The number of rotatable bonds is 3. The van der Waals surface area contributed by atoms with Gasteiger partial charge in [-0.25, -0.2) is 0 Å². The van der Waals surface area contributed by atoms with Crippen molar-refractivity contribution < 1.29 is 0 Å². The van der Waals surface area contributed by atoms with Crippen LogP contribution in [0.3, 0.4) is 0 Å². The van der Waals surface area contributed by atoms with Crippen molar-refractivity contribution in [2.75, 3.05) is 0 Å². The van der Waals surface area contributed by atoms with Gasteiger partial charge in [0.05, 0.1) is 0 Å². The van der Waals surface area contributed by atoms with Crippen molar-refractivity contribution in [3.63, 3.8) is 0 Å². The van der Waals surface area contributed by atoms with Crippen LogP contribution in [-0.4, -0.2) is 0 Å². The molecule has 0 nitrogen and oxygen atoms in total. The SMILES string of the molecule is C.C.CCC(C)C(C)CC. The van der Waals surface area contributed by atoms with Crippen molar-refractivity contribution in [2.24, 2.45) is 11.8 Å². The summed E-state index contributed by atoms with van der Waals surface area (Å²) in [5.41, 5.74) is 0. The summed E-state index contributed by atoms with van der Waals surface area (Å²) < 4.78 is 0. The summed E-state index contributed by atoms with van der Waals surface area (Å²) >= 11 is 0. The first-order valence-electron chi connectivity index (χ1n) is 3.72. The van der Waals surface area contributed by atoms with Gasteiger partial charge in [-0.15, -0.1) is 0 Å². The maximum absolute atomic E-state index is 2.33. The van der Waals surface area contributed by atoms with Crippen molar-refractivity contribution in [1.82, 2.24) is 0 Å². The highest BCUT2D eigenvalue weighted by Gasteiger charge is 2.05. The lowest BCUT2D eigenvalue weighted by Crippen LogP contribution is -2.04. The summed E-state index contributed by atoms with van der Waals surface area (Å²) in [4.78, 5) is 0. The monoisotopic (exact) mass is 146 g/mol. The first kappa shape index (κ1) is 16.5. The minimum Gasteiger partial charge on any atom is -0.0776 e. The molecule has 0 aromatic carbocycles. The van der Waals surface area contributed by atoms with E-state index in [0.717, 1.165) is 11.8 Å². The van der Waals surface area contributed by atoms with Crippen molar-refractivity contribution in [3.05, 3.63) is 0 Å². The van der Waals surface area contributed by atoms with Crippen molar-refractivity contribution in [1.29, 1.82) is 0 Å². The van der Waals surface area contributed by atoms with Crippen LogP contribution in [0.1, 0.15) is 55.4 Å². The van der Waals surface area contributed by atoms with E-state index in [1.807, 2.05) is 0 Å². The zero-order valence-electron chi connectivity index (χ0n) is 6.57. The Morgan fingerprint density at radius 3 is 1.10 bits per heavy atom. The van der Waals surface area contributed by atoms with Crippen LogP contribution >= 0.6 is 0 Å². The molecule has 0 heteroatoms. The molecule has 0 aliphatic heterocycles. The van der Waals surface area contributed by atoms with E-state index in [4.69, 9.17) is 0 Å². The Bertz CT molecular complexity index is 40.0. The molecule has 0 aliphatic carbocycles. The molecule has 2 atom stereocenters. The van der Waals surface area contributed by atoms with Crippen LogP contribution < -0.4 is 0 Å². The highest BCUT2D eigenvalue weighted by atomic mass is 14.1. The van der Waals surface area contributed by atoms with Crippen LogP contribution in [-0.2, 0) is 0 Å². The first-order valence-corrected chi connectivity index (χ1v) is 3.72. The third-order valence-corrected chi connectivity index (χ3v) is 2.26. The molecule has 0 rings (SSSR count). The van der Waals surface area contributed by atoms with Crippen LogP contribution in [0.4, 0.5) is 0 Å². The predicted octanol–water partition coefficient (Wildman–Crippen LogP) is 4.35. The van der Waals surface area contributed by atoms with Gasteiger partial charge in [0.15, 0.2) is 0 Å². The first-order chi connectivity index (χ1) is 3.72. The Morgan fingerprint density at radius 2 is 1.00 bits per heavy atom. The van der Waals surface area contributed by atoms with Gasteiger partial charge in [0.1, 0.15) is 0 Å². The Hall–Kier alpha value is 0. The minimum absolute atomic E-state index is 0. The molecule has 10 heavy (non-hydrogen) atoms. The normalized spacial score (nSPS) is 14.4. The number of hydrogen-bond donors (Lipinski definition) is 0. The van der Waals surface area contributed by atoms with E-state index in [-0.39, 0.29) is 14.9 Å². The quantitative estimate of drug-likeness (QED) is 0.555. The van der Waals surface area contributed by atoms with Crippen LogP contribution in [0.25, 0.3) is 0 Å². The Balaban J connectivity index is -0.000000245. The lowest BCUT2D eigenvalue weighted by Gasteiger charge is -2.14. The third kappa shape index (κ3) is 6.12. The summed E-state index contributed by atoms with van der Waals surface area (Å²) in [7, 11) is 0. The van der Waals surface area contributed by atoms with Gasteiger partial charge in [0.2, 0.25) is 0 Å². The highest BCUT2D eigenvalue weighted by Crippen LogP contribution is 2.16. The van der Waals surface area contributed by atoms with Crippen molar-refractivity contribution in [3.8, 4) is 0 Å². The van der Waals surface area contributed by atoms with E-state index in [9.17, 15) is 0 Å². The van der Waals surface area contributed by atoms with Crippen molar-refractivity contribution >= 4 is 0 Å². The lowest BCUT2D eigenvalue weighted by atomic mass is 9.92. The summed E-state index contributed by atoms with van der Waals surface area (Å²) in [6, 6.07) is 0. The average molecular weight is 146 g/mol. The van der Waals surface area contributed by atoms with Gasteiger partial charge in [-0.05, 0) is 11.8 Å². The molecule has 0 radical (unpaired) electrons. The summed E-state index contributed by atoms with van der Waals surface area (Å²) in [5.74, 6) is 1.83. The summed E-state index contributed by atoms with van der Waals surface area (Å²) in [6.07, 6.45) is 2.66. The Morgan fingerprint density at radius 1 is 0.800 bits per heavy atom. The second-order valence-electron chi connectivity index (χ2n) is 2.77. The molecule has 0 aromatic rings. The molecule has 0 aromatic heterocycles. The largest absolute Gasteiger partial charge is 0.0776 e. The van der Waals surface area contributed by atoms with Gasteiger partial charge in [0.25, 0.3) is 0 Å². The number of hydrogen-bond acceptors (Lipinski definition) is 0. The zero-order valence-corrected chi connectivity index (χ0v) is 6.57. The molecular formula is C10H26. The topological polar surface area (TPSA) is 0 Å². The fourth-order valence-corrected chi connectivity index (χ4v) is 0.805. The summed E-state index contributed by atoms with van der Waals surface area (Å²) in [6.45, 7) is 9.18. The molecule has 66 valence electrons. The lowest BCUT2D eigenvalue weighted by molar-refractivity contribution is 0.367. The van der Waals surface area contributed by atoms with E-state index in [2.05, 4.69) is 27.7 Å². The van der Waals surface area contributed by atoms with E-state index in [0.29, 0.717) is 0 Å². The van der Waals surface area contributed by atoms with E-state index in [1.54, 1.807) is 0 Å². The van der Waals surface area contributed by atoms with Gasteiger partial charge < -0.3 is 0 Å². The van der Waals surface area contributed by atoms with Crippen LogP contribution in [0.15, 0.2) is 0 Å². The molecule has 0 fully saturated rings. The minimum atomic E-state index is 0. The predicted molar refractivity (Wildman–Crippen MR) is 52.4 cm³/mol. The summed E-state index contributed by atoms with van der Waals surface area (Å²) in [5, 5.41) is 0. The Labute approximate surface area is 68.0 Å².